The minimum absolute atomic E-state index is 0.0268. The van der Waals surface area contributed by atoms with Crippen LogP contribution in [0.5, 0.6) is 0 Å². The fourth-order valence-electron chi connectivity index (χ4n) is 2.82. The van der Waals surface area contributed by atoms with Crippen molar-refractivity contribution in [2.75, 3.05) is 13.7 Å². The number of rotatable bonds is 6. The Morgan fingerprint density at radius 2 is 2.16 bits per heavy atom. The van der Waals surface area contributed by atoms with Crippen LogP contribution in [0.1, 0.15) is 52.4 Å². The molecule has 1 aliphatic rings. The summed E-state index contributed by atoms with van der Waals surface area (Å²) >= 11 is 0. The first-order chi connectivity index (χ1) is 9.05. The van der Waals surface area contributed by atoms with Crippen LogP contribution in [0.4, 0.5) is 0 Å². The summed E-state index contributed by atoms with van der Waals surface area (Å²) in [4.78, 5) is 12.0. The van der Waals surface area contributed by atoms with Crippen LogP contribution in [0.3, 0.4) is 0 Å². The molecule has 4 nitrogen and oxygen atoms in total. The van der Waals surface area contributed by atoms with Gasteiger partial charge in [0.25, 0.3) is 0 Å². The maximum absolute atomic E-state index is 12.0. The normalized spacial score (nSPS) is 28.4. The van der Waals surface area contributed by atoms with Crippen LogP contribution in [-0.2, 0) is 9.53 Å². The number of carbonyl (C=O) groups is 1. The molecule has 1 fully saturated rings. The molecule has 19 heavy (non-hydrogen) atoms. The van der Waals surface area contributed by atoms with E-state index in [1.807, 2.05) is 6.92 Å². The molecule has 0 bridgehead atoms. The molecule has 1 atom stereocenters. The first kappa shape index (κ1) is 16.0. The van der Waals surface area contributed by atoms with Crippen molar-refractivity contribution in [2.45, 2.75) is 57.9 Å². The monoisotopic (exact) mass is 266 g/mol. The zero-order valence-corrected chi connectivity index (χ0v) is 12.4. The number of hydrogen-bond donors (Lipinski definition) is 1. The molecule has 0 heterocycles. The SMILES string of the molecule is CCC1CCC(C#N)(NC(=O)CC(C)COC)CC1. The van der Waals surface area contributed by atoms with Crippen LogP contribution in [0.25, 0.3) is 0 Å². The van der Waals surface area contributed by atoms with E-state index in [0.29, 0.717) is 18.9 Å². The van der Waals surface area contributed by atoms with Gasteiger partial charge in [0.2, 0.25) is 5.91 Å². The van der Waals surface area contributed by atoms with Crippen LogP contribution < -0.4 is 5.32 Å². The molecule has 0 radical (unpaired) electrons. The van der Waals surface area contributed by atoms with Crippen molar-refractivity contribution in [2.24, 2.45) is 11.8 Å². The van der Waals surface area contributed by atoms with Gasteiger partial charge in [-0.3, -0.25) is 4.79 Å². The molecule has 0 aromatic heterocycles. The molecule has 1 saturated carbocycles. The summed E-state index contributed by atoms with van der Waals surface area (Å²) in [7, 11) is 1.64. The summed E-state index contributed by atoms with van der Waals surface area (Å²) in [6, 6.07) is 2.34. The second-order valence-electron chi connectivity index (χ2n) is 5.86. The summed E-state index contributed by atoms with van der Waals surface area (Å²) in [5.74, 6) is 0.875. The smallest absolute Gasteiger partial charge is 0.221 e. The van der Waals surface area contributed by atoms with Gasteiger partial charge in [-0.2, -0.15) is 5.26 Å². The lowest BCUT2D eigenvalue weighted by Crippen LogP contribution is -2.50. The molecule has 0 aromatic carbocycles. The number of methoxy groups -OCH3 is 1. The Bertz CT molecular complexity index is 328. The van der Waals surface area contributed by atoms with Gasteiger partial charge in [-0.1, -0.05) is 20.3 Å². The predicted molar refractivity (Wildman–Crippen MR) is 74.4 cm³/mol. The molecule has 1 rings (SSSR count). The highest BCUT2D eigenvalue weighted by molar-refractivity contribution is 5.77. The zero-order chi connectivity index (χ0) is 14.3. The first-order valence-corrected chi connectivity index (χ1v) is 7.26. The molecule has 0 aromatic rings. The zero-order valence-electron chi connectivity index (χ0n) is 12.4. The van der Waals surface area contributed by atoms with E-state index in [2.05, 4.69) is 18.3 Å². The molecular weight excluding hydrogens is 240 g/mol. The fraction of sp³-hybridized carbons (Fsp3) is 0.867. The Labute approximate surface area is 116 Å². The lowest BCUT2D eigenvalue weighted by Gasteiger charge is -2.35. The standard InChI is InChI=1S/C15H26N2O2/c1-4-13-5-7-15(11-16,8-6-13)17-14(18)9-12(2)10-19-3/h12-13H,4-10H2,1-3H3,(H,17,18). The van der Waals surface area contributed by atoms with Gasteiger partial charge in [0, 0.05) is 20.1 Å². The van der Waals surface area contributed by atoms with Crippen molar-refractivity contribution in [1.29, 1.82) is 5.26 Å². The van der Waals surface area contributed by atoms with E-state index < -0.39 is 5.54 Å². The summed E-state index contributed by atoms with van der Waals surface area (Å²) in [6.07, 6.45) is 5.24. The van der Waals surface area contributed by atoms with Gasteiger partial charge in [-0.05, 0) is 37.5 Å². The Morgan fingerprint density at radius 3 is 2.63 bits per heavy atom. The molecule has 1 amide bonds. The molecule has 0 spiro atoms. The Morgan fingerprint density at radius 1 is 1.53 bits per heavy atom. The first-order valence-electron chi connectivity index (χ1n) is 7.26. The van der Waals surface area contributed by atoms with E-state index in [1.165, 1.54) is 6.42 Å². The highest BCUT2D eigenvalue weighted by Crippen LogP contribution is 2.33. The lowest BCUT2D eigenvalue weighted by atomic mass is 9.76. The van der Waals surface area contributed by atoms with Crippen molar-refractivity contribution in [1.82, 2.24) is 5.32 Å². The second-order valence-corrected chi connectivity index (χ2v) is 5.86. The highest BCUT2D eigenvalue weighted by Gasteiger charge is 2.36. The van der Waals surface area contributed by atoms with Gasteiger partial charge in [0.1, 0.15) is 5.54 Å². The van der Waals surface area contributed by atoms with Crippen LogP contribution in [0.15, 0.2) is 0 Å². The average molecular weight is 266 g/mol. The average Bonchev–Trinajstić information content (AvgIpc) is 2.39. The van der Waals surface area contributed by atoms with E-state index in [0.717, 1.165) is 25.7 Å². The predicted octanol–water partition coefficient (Wildman–Crippen LogP) is 2.64. The summed E-state index contributed by atoms with van der Waals surface area (Å²) < 4.78 is 5.03. The molecule has 108 valence electrons. The van der Waals surface area contributed by atoms with Crippen molar-refractivity contribution in [3.05, 3.63) is 0 Å². The van der Waals surface area contributed by atoms with Crippen LogP contribution in [-0.4, -0.2) is 25.2 Å². The van der Waals surface area contributed by atoms with Crippen LogP contribution >= 0.6 is 0 Å². The number of nitrogens with zero attached hydrogens (tertiary/aromatic N) is 1. The molecule has 4 heteroatoms. The van der Waals surface area contributed by atoms with Crippen molar-refractivity contribution in [3.8, 4) is 6.07 Å². The van der Waals surface area contributed by atoms with E-state index >= 15 is 0 Å². The van der Waals surface area contributed by atoms with Gasteiger partial charge < -0.3 is 10.1 Å². The molecule has 0 aliphatic heterocycles. The van der Waals surface area contributed by atoms with Crippen LogP contribution in [0.2, 0.25) is 0 Å². The molecule has 1 aliphatic carbocycles. The fourth-order valence-corrected chi connectivity index (χ4v) is 2.82. The van der Waals surface area contributed by atoms with Crippen LogP contribution in [0, 0.1) is 23.2 Å². The minimum atomic E-state index is -0.629. The van der Waals surface area contributed by atoms with Crippen molar-refractivity contribution in [3.63, 3.8) is 0 Å². The second kappa shape index (κ2) is 7.49. The van der Waals surface area contributed by atoms with Gasteiger partial charge in [-0.15, -0.1) is 0 Å². The van der Waals surface area contributed by atoms with Gasteiger partial charge >= 0.3 is 0 Å². The maximum atomic E-state index is 12.0. The van der Waals surface area contributed by atoms with E-state index in [4.69, 9.17) is 4.74 Å². The van der Waals surface area contributed by atoms with Gasteiger partial charge in [-0.25, -0.2) is 0 Å². The number of carbonyl (C=O) groups excluding carboxylic acids is 1. The van der Waals surface area contributed by atoms with E-state index in [9.17, 15) is 10.1 Å². The minimum Gasteiger partial charge on any atom is -0.384 e. The Hall–Kier alpha value is -1.08. The molecule has 0 saturated heterocycles. The molecule has 1 unspecified atom stereocenters. The number of ether oxygens (including phenoxy) is 1. The number of hydrogen-bond acceptors (Lipinski definition) is 3. The number of nitriles is 1. The topological polar surface area (TPSA) is 62.1 Å². The largest absolute Gasteiger partial charge is 0.384 e. The van der Waals surface area contributed by atoms with Crippen molar-refractivity contribution >= 4 is 5.91 Å². The van der Waals surface area contributed by atoms with E-state index in [-0.39, 0.29) is 11.8 Å². The summed E-state index contributed by atoms with van der Waals surface area (Å²) in [5.41, 5.74) is -0.629. The van der Waals surface area contributed by atoms with Gasteiger partial charge in [0.05, 0.1) is 6.07 Å². The summed E-state index contributed by atoms with van der Waals surface area (Å²) in [5, 5.41) is 12.4. The number of amides is 1. The third-order valence-corrected chi connectivity index (χ3v) is 4.11. The maximum Gasteiger partial charge on any atom is 0.221 e. The Kier molecular flexibility index (Phi) is 6.30. The third-order valence-electron chi connectivity index (χ3n) is 4.11. The summed E-state index contributed by atoms with van der Waals surface area (Å²) in [6.45, 7) is 4.75. The highest BCUT2D eigenvalue weighted by atomic mass is 16.5. The third kappa shape index (κ3) is 4.83. The lowest BCUT2D eigenvalue weighted by molar-refractivity contribution is -0.124. The molecule has 1 N–H and O–H groups in total. The molecular formula is C15H26N2O2. The van der Waals surface area contributed by atoms with Gasteiger partial charge in [0.15, 0.2) is 0 Å². The van der Waals surface area contributed by atoms with Crippen molar-refractivity contribution < 1.29 is 9.53 Å². The quantitative estimate of drug-likeness (QED) is 0.804. The van der Waals surface area contributed by atoms with E-state index in [1.54, 1.807) is 7.11 Å². The number of nitrogens with one attached hydrogen (secondary N) is 1. The Balaban J connectivity index is 2.49.